The Morgan fingerprint density at radius 3 is 2.79 bits per heavy atom. The third-order valence-corrected chi connectivity index (χ3v) is 5.38. The highest BCUT2D eigenvalue weighted by Gasteiger charge is 2.15. The van der Waals surface area contributed by atoms with Gasteiger partial charge in [0.2, 0.25) is 10.0 Å². The van der Waals surface area contributed by atoms with E-state index in [0.29, 0.717) is 36.4 Å². The summed E-state index contributed by atoms with van der Waals surface area (Å²) in [6.45, 7) is 5.75. The lowest BCUT2D eigenvalue weighted by atomic mass is 10.3. The van der Waals surface area contributed by atoms with Crippen molar-refractivity contribution in [3.05, 3.63) is 17.0 Å². The molecule has 0 aliphatic heterocycles. The number of ether oxygens (including phenoxy) is 1. The van der Waals surface area contributed by atoms with Crippen LogP contribution >= 0.6 is 11.3 Å². The van der Waals surface area contributed by atoms with Gasteiger partial charge in [-0.2, -0.15) is 0 Å². The van der Waals surface area contributed by atoms with Crippen LogP contribution in [0.4, 0.5) is 0 Å². The van der Waals surface area contributed by atoms with Gasteiger partial charge in [-0.05, 0) is 23.4 Å². The standard InChI is InChI=1S/C12H22N2O3S2/c1-10(2)13-8-11-7-12(18-9-11)19(15,16)14-5-4-6-17-3/h7,9-10,13-14H,4-6,8H2,1-3H3. The van der Waals surface area contributed by atoms with Crippen LogP contribution in [0, 0.1) is 0 Å². The maximum Gasteiger partial charge on any atom is 0.250 e. The molecule has 2 N–H and O–H groups in total. The van der Waals surface area contributed by atoms with Crippen LogP contribution in [0.15, 0.2) is 15.7 Å². The van der Waals surface area contributed by atoms with Gasteiger partial charge in [-0.25, -0.2) is 13.1 Å². The largest absolute Gasteiger partial charge is 0.385 e. The molecule has 0 aliphatic rings. The van der Waals surface area contributed by atoms with E-state index < -0.39 is 10.0 Å². The zero-order valence-corrected chi connectivity index (χ0v) is 13.2. The molecule has 0 unspecified atom stereocenters. The second-order valence-corrected chi connectivity index (χ2v) is 7.46. The number of nitrogens with one attached hydrogen (secondary N) is 2. The molecule has 19 heavy (non-hydrogen) atoms. The Hall–Kier alpha value is -0.470. The molecule has 0 bridgehead atoms. The summed E-state index contributed by atoms with van der Waals surface area (Å²) in [6.07, 6.45) is 0.670. The van der Waals surface area contributed by atoms with E-state index in [9.17, 15) is 8.42 Å². The quantitative estimate of drug-likeness (QED) is 0.680. The second kappa shape index (κ2) is 7.96. The van der Waals surface area contributed by atoms with E-state index >= 15 is 0 Å². The van der Waals surface area contributed by atoms with Crippen molar-refractivity contribution in [3.8, 4) is 0 Å². The predicted octanol–water partition coefficient (Wildman–Crippen LogP) is 1.56. The van der Waals surface area contributed by atoms with Crippen molar-refractivity contribution in [2.75, 3.05) is 20.3 Å². The molecule has 0 radical (unpaired) electrons. The number of hydrogen-bond acceptors (Lipinski definition) is 5. The molecule has 0 aliphatic carbocycles. The number of rotatable bonds is 9. The first-order chi connectivity index (χ1) is 8.95. The lowest BCUT2D eigenvalue weighted by Crippen LogP contribution is -2.25. The highest BCUT2D eigenvalue weighted by atomic mass is 32.2. The Kier molecular flexibility index (Phi) is 6.95. The number of sulfonamides is 1. The van der Waals surface area contributed by atoms with Crippen LogP contribution in [0.2, 0.25) is 0 Å². The van der Waals surface area contributed by atoms with Crippen LogP contribution in [0.25, 0.3) is 0 Å². The maximum atomic E-state index is 12.0. The van der Waals surface area contributed by atoms with E-state index in [2.05, 4.69) is 23.9 Å². The van der Waals surface area contributed by atoms with Crippen LogP contribution in [-0.2, 0) is 21.3 Å². The van der Waals surface area contributed by atoms with Crippen molar-refractivity contribution < 1.29 is 13.2 Å². The first kappa shape index (κ1) is 16.6. The molecular weight excluding hydrogens is 284 g/mol. The molecule has 1 aromatic heterocycles. The fourth-order valence-corrected chi connectivity index (χ4v) is 3.73. The Morgan fingerprint density at radius 1 is 1.42 bits per heavy atom. The van der Waals surface area contributed by atoms with Crippen LogP contribution in [0.5, 0.6) is 0 Å². The molecule has 1 rings (SSSR count). The van der Waals surface area contributed by atoms with Crippen molar-refractivity contribution in [1.82, 2.24) is 10.0 Å². The van der Waals surface area contributed by atoms with E-state index in [1.54, 1.807) is 13.2 Å². The smallest absolute Gasteiger partial charge is 0.250 e. The fraction of sp³-hybridized carbons (Fsp3) is 0.667. The van der Waals surface area contributed by atoms with Gasteiger partial charge in [0.15, 0.2) is 0 Å². The third-order valence-electron chi connectivity index (χ3n) is 2.43. The molecule has 0 fully saturated rings. The lowest BCUT2D eigenvalue weighted by molar-refractivity contribution is 0.196. The van der Waals surface area contributed by atoms with Crippen molar-refractivity contribution in [3.63, 3.8) is 0 Å². The van der Waals surface area contributed by atoms with Gasteiger partial charge in [-0.15, -0.1) is 11.3 Å². The minimum Gasteiger partial charge on any atom is -0.385 e. The van der Waals surface area contributed by atoms with Gasteiger partial charge < -0.3 is 10.1 Å². The van der Waals surface area contributed by atoms with Crippen LogP contribution < -0.4 is 10.0 Å². The molecule has 0 saturated carbocycles. The molecule has 0 atom stereocenters. The van der Waals surface area contributed by atoms with Crippen molar-refractivity contribution in [2.45, 2.75) is 37.1 Å². The summed E-state index contributed by atoms with van der Waals surface area (Å²) in [5, 5.41) is 5.14. The molecule has 1 aromatic rings. The van der Waals surface area contributed by atoms with Gasteiger partial charge in [0, 0.05) is 32.8 Å². The molecule has 0 saturated heterocycles. The summed E-state index contributed by atoms with van der Waals surface area (Å²) in [4.78, 5) is 0. The Balaban J connectivity index is 2.53. The van der Waals surface area contributed by atoms with Gasteiger partial charge in [-0.1, -0.05) is 13.8 Å². The summed E-state index contributed by atoms with van der Waals surface area (Å²) in [5.74, 6) is 0. The summed E-state index contributed by atoms with van der Waals surface area (Å²) in [6, 6.07) is 2.10. The molecule has 0 aromatic carbocycles. The molecule has 7 heteroatoms. The minimum atomic E-state index is -3.37. The maximum absolute atomic E-state index is 12.0. The fourth-order valence-electron chi connectivity index (χ4n) is 1.40. The minimum absolute atomic E-state index is 0.366. The lowest BCUT2D eigenvalue weighted by Gasteiger charge is -2.06. The van der Waals surface area contributed by atoms with E-state index in [0.717, 1.165) is 5.56 Å². The Morgan fingerprint density at radius 2 is 2.16 bits per heavy atom. The Labute approximate surface area is 119 Å². The van der Waals surface area contributed by atoms with Gasteiger partial charge in [0.1, 0.15) is 4.21 Å². The van der Waals surface area contributed by atoms with E-state index in [1.807, 2.05) is 5.38 Å². The summed E-state index contributed by atoms with van der Waals surface area (Å²) < 4.78 is 31.8. The first-order valence-corrected chi connectivity index (χ1v) is 8.61. The molecular formula is C12H22N2O3S2. The average Bonchev–Trinajstić information content (AvgIpc) is 2.82. The Bertz CT molecular complexity index is 469. The normalized spacial score (nSPS) is 12.2. The van der Waals surface area contributed by atoms with Gasteiger partial charge >= 0.3 is 0 Å². The van der Waals surface area contributed by atoms with Crippen LogP contribution in [0.1, 0.15) is 25.8 Å². The third kappa shape index (κ3) is 6.01. The molecule has 110 valence electrons. The van der Waals surface area contributed by atoms with Gasteiger partial charge in [-0.3, -0.25) is 0 Å². The highest BCUT2D eigenvalue weighted by molar-refractivity contribution is 7.91. The first-order valence-electron chi connectivity index (χ1n) is 6.25. The summed E-state index contributed by atoms with van der Waals surface area (Å²) in [7, 11) is -1.77. The van der Waals surface area contributed by atoms with Crippen molar-refractivity contribution in [2.24, 2.45) is 0 Å². The molecule has 5 nitrogen and oxygen atoms in total. The van der Waals surface area contributed by atoms with Crippen molar-refractivity contribution >= 4 is 21.4 Å². The zero-order valence-electron chi connectivity index (χ0n) is 11.6. The number of thiophene rings is 1. The number of hydrogen-bond donors (Lipinski definition) is 2. The summed E-state index contributed by atoms with van der Waals surface area (Å²) in [5.41, 5.74) is 0.996. The van der Waals surface area contributed by atoms with Crippen molar-refractivity contribution in [1.29, 1.82) is 0 Å². The number of methoxy groups -OCH3 is 1. The summed E-state index contributed by atoms with van der Waals surface area (Å²) >= 11 is 1.25. The van der Waals surface area contributed by atoms with Crippen LogP contribution in [0.3, 0.4) is 0 Å². The van der Waals surface area contributed by atoms with Crippen LogP contribution in [-0.4, -0.2) is 34.7 Å². The van der Waals surface area contributed by atoms with Gasteiger partial charge in [0.05, 0.1) is 0 Å². The average molecular weight is 306 g/mol. The molecule has 0 spiro atoms. The van der Waals surface area contributed by atoms with E-state index in [1.165, 1.54) is 11.3 Å². The second-order valence-electron chi connectivity index (χ2n) is 4.55. The highest BCUT2D eigenvalue weighted by Crippen LogP contribution is 2.20. The molecule has 1 heterocycles. The SMILES string of the molecule is COCCCNS(=O)(=O)c1cc(CNC(C)C)cs1. The topological polar surface area (TPSA) is 67.4 Å². The van der Waals surface area contributed by atoms with Gasteiger partial charge in [0.25, 0.3) is 0 Å². The van der Waals surface area contributed by atoms with E-state index in [4.69, 9.17) is 4.74 Å². The van der Waals surface area contributed by atoms with E-state index in [-0.39, 0.29) is 0 Å². The molecule has 0 amide bonds. The zero-order chi connectivity index (χ0) is 14.3. The predicted molar refractivity (Wildman–Crippen MR) is 78.0 cm³/mol. The monoisotopic (exact) mass is 306 g/mol.